The molecule has 2 aromatic carbocycles. The van der Waals surface area contributed by atoms with Crippen LogP contribution in [-0.4, -0.2) is 31.4 Å². The first-order valence-corrected chi connectivity index (χ1v) is 7.61. The van der Waals surface area contributed by atoms with E-state index in [2.05, 4.69) is 24.1 Å². The Hall–Kier alpha value is -2.13. The topological polar surface area (TPSA) is 29.5 Å². The van der Waals surface area contributed by atoms with E-state index in [1.54, 1.807) is 7.11 Å². The zero-order valence-corrected chi connectivity index (χ0v) is 13.1. The maximum Gasteiger partial charge on any atom is 0.167 e. The fourth-order valence-electron chi connectivity index (χ4n) is 3.15. The van der Waals surface area contributed by atoms with Crippen molar-refractivity contribution >= 4 is 5.78 Å². The van der Waals surface area contributed by atoms with E-state index in [1.165, 1.54) is 5.56 Å². The van der Waals surface area contributed by atoms with Gasteiger partial charge in [0.15, 0.2) is 5.78 Å². The fourth-order valence-corrected chi connectivity index (χ4v) is 3.15. The summed E-state index contributed by atoms with van der Waals surface area (Å²) in [7, 11) is 3.70. The molecular formula is C19H21NO2. The Kier molecular flexibility index (Phi) is 4.25. The van der Waals surface area contributed by atoms with Gasteiger partial charge in [-0.25, -0.2) is 0 Å². The van der Waals surface area contributed by atoms with Crippen LogP contribution in [0.3, 0.4) is 0 Å². The van der Waals surface area contributed by atoms with E-state index in [0.717, 1.165) is 36.4 Å². The summed E-state index contributed by atoms with van der Waals surface area (Å²) in [6.07, 6.45) is 0.831. The standard InChI is InChI=1S/C19H21NO2/c1-20(12-14-6-4-3-5-7-14)13-16-10-15-8-9-17(22-2)11-18(15)19(16)21/h3-9,11,16H,10,12-13H2,1-2H3. The van der Waals surface area contributed by atoms with Crippen molar-refractivity contribution in [3.05, 3.63) is 65.2 Å². The number of rotatable bonds is 5. The Morgan fingerprint density at radius 1 is 1.18 bits per heavy atom. The molecule has 1 atom stereocenters. The van der Waals surface area contributed by atoms with Crippen molar-refractivity contribution in [1.29, 1.82) is 0 Å². The second-order valence-corrected chi connectivity index (χ2v) is 5.97. The monoisotopic (exact) mass is 295 g/mol. The molecule has 0 spiro atoms. The van der Waals surface area contributed by atoms with Crippen molar-refractivity contribution < 1.29 is 9.53 Å². The molecule has 0 aromatic heterocycles. The van der Waals surface area contributed by atoms with Crippen molar-refractivity contribution in [1.82, 2.24) is 4.90 Å². The molecule has 0 aliphatic heterocycles. The van der Waals surface area contributed by atoms with Gasteiger partial charge in [-0.3, -0.25) is 4.79 Å². The van der Waals surface area contributed by atoms with Gasteiger partial charge in [0.1, 0.15) is 5.75 Å². The predicted octanol–water partition coefficient (Wildman–Crippen LogP) is 3.18. The number of carbonyl (C=O) groups excluding carboxylic acids is 1. The van der Waals surface area contributed by atoms with Crippen LogP contribution in [0.1, 0.15) is 21.5 Å². The highest BCUT2D eigenvalue weighted by molar-refractivity contribution is 6.02. The lowest BCUT2D eigenvalue weighted by atomic mass is 10.0. The third-order valence-electron chi connectivity index (χ3n) is 4.25. The van der Waals surface area contributed by atoms with Crippen LogP contribution in [0.15, 0.2) is 48.5 Å². The van der Waals surface area contributed by atoms with Crippen LogP contribution in [0.25, 0.3) is 0 Å². The zero-order chi connectivity index (χ0) is 15.5. The average molecular weight is 295 g/mol. The van der Waals surface area contributed by atoms with E-state index in [9.17, 15) is 4.79 Å². The molecule has 0 saturated carbocycles. The number of carbonyl (C=O) groups is 1. The molecule has 1 aliphatic carbocycles. The molecule has 3 nitrogen and oxygen atoms in total. The van der Waals surface area contributed by atoms with Gasteiger partial charge in [0.2, 0.25) is 0 Å². The maximum atomic E-state index is 12.6. The molecule has 0 N–H and O–H groups in total. The Bertz CT molecular complexity index is 666. The minimum atomic E-state index is 0.0517. The maximum absolute atomic E-state index is 12.6. The van der Waals surface area contributed by atoms with Gasteiger partial charge in [-0.2, -0.15) is 0 Å². The molecule has 0 amide bonds. The van der Waals surface area contributed by atoms with E-state index in [0.29, 0.717) is 0 Å². The fraction of sp³-hybridized carbons (Fsp3) is 0.316. The number of ketones is 1. The third-order valence-corrected chi connectivity index (χ3v) is 4.25. The van der Waals surface area contributed by atoms with E-state index in [-0.39, 0.29) is 11.7 Å². The van der Waals surface area contributed by atoms with Crippen LogP contribution < -0.4 is 4.74 Å². The smallest absolute Gasteiger partial charge is 0.167 e. The highest BCUT2D eigenvalue weighted by atomic mass is 16.5. The number of nitrogens with zero attached hydrogens (tertiary/aromatic N) is 1. The molecule has 1 aliphatic rings. The number of hydrogen-bond acceptors (Lipinski definition) is 3. The van der Waals surface area contributed by atoms with Gasteiger partial charge in [-0.15, -0.1) is 0 Å². The van der Waals surface area contributed by atoms with Crippen LogP contribution in [0.2, 0.25) is 0 Å². The molecule has 0 fully saturated rings. The Morgan fingerprint density at radius 3 is 2.68 bits per heavy atom. The van der Waals surface area contributed by atoms with Crippen LogP contribution in [0.4, 0.5) is 0 Å². The van der Waals surface area contributed by atoms with Gasteiger partial charge in [0, 0.05) is 24.6 Å². The summed E-state index contributed by atoms with van der Waals surface area (Å²) in [5, 5.41) is 0. The summed E-state index contributed by atoms with van der Waals surface area (Å²) in [4.78, 5) is 14.8. The number of fused-ring (bicyclic) bond motifs is 1. The Morgan fingerprint density at radius 2 is 1.95 bits per heavy atom. The minimum absolute atomic E-state index is 0.0517. The molecule has 0 saturated heterocycles. The quantitative estimate of drug-likeness (QED) is 0.848. The number of methoxy groups -OCH3 is 1. The molecule has 2 aromatic rings. The van der Waals surface area contributed by atoms with E-state index in [4.69, 9.17) is 4.74 Å². The third kappa shape index (κ3) is 3.04. The first kappa shape index (κ1) is 14.8. The number of ether oxygens (including phenoxy) is 1. The van der Waals surface area contributed by atoms with Crippen molar-refractivity contribution in [2.75, 3.05) is 20.7 Å². The minimum Gasteiger partial charge on any atom is -0.497 e. The molecule has 3 heteroatoms. The largest absolute Gasteiger partial charge is 0.497 e. The summed E-state index contributed by atoms with van der Waals surface area (Å²) in [6.45, 7) is 1.65. The van der Waals surface area contributed by atoms with Crippen molar-refractivity contribution in [3.8, 4) is 5.75 Å². The van der Waals surface area contributed by atoms with Crippen LogP contribution in [-0.2, 0) is 13.0 Å². The van der Waals surface area contributed by atoms with E-state index >= 15 is 0 Å². The number of benzene rings is 2. The second-order valence-electron chi connectivity index (χ2n) is 5.97. The molecule has 22 heavy (non-hydrogen) atoms. The molecule has 0 radical (unpaired) electrons. The average Bonchev–Trinajstić information content (AvgIpc) is 2.84. The molecule has 114 valence electrons. The lowest BCUT2D eigenvalue weighted by molar-refractivity contribution is 0.0907. The first-order valence-electron chi connectivity index (χ1n) is 7.61. The van der Waals surface area contributed by atoms with Crippen LogP contribution in [0.5, 0.6) is 5.75 Å². The zero-order valence-electron chi connectivity index (χ0n) is 13.1. The highest BCUT2D eigenvalue weighted by Crippen LogP contribution is 2.30. The van der Waals surface area contributed by atoms with E-state index < -0.39 is 0 Å². The summed E-state index contributed by atoms with van der Waals surface area (Å²) in [5.74, 6) is 1.05. The van der Waals surface area contributed by atoms with Gasteiger partial charge in [0.05, 0.1) is 7.11 Å². The second kappa shape index (κ2) is 6.32. The summed E-state index contributed by atoms with van der Waals surface area (Å²) in [5.41, 5.74) is 3.25. The SMILES string of the molecule is COc1ccc2c(c1)C(=O)C(CN(C)Cc1ccccc1)C2. The van der Waals surface area contributed by atoms with E-state index in [1.807, 2.05) is 36.4 Å². The molecular weight excluding hydrogens is 274 g/mol. The molecule has 1 unspecified atom stereocenters. The van der Waals surface area contributed by atoms with Crippen molar-refractivity contribution in [3.63, 3.8) is 0 Å². The highest BCUT2D eigenvalue weighted by Gasteiger charge is 2.31. The van der Waals surface area contributed by atoms with Gasteiger partial charge in [0.25, 0.3) is 0 Å². The summed E-state index contributed by atoms with van der Waals surface area (Å²) in [6, 6.07) is 16.2. The first-order chi connectivity index (χ1) is 10.7. The molecule has 3 rings (SSSR count). The van der Waals surface area contributed by atoms with Gasteiger partial charge >= 0.3 is 0 Å². The normalized spacial score (nSPS) is 16.9. The van der Waals surface area contributed by atoms with Gasteiger partial charge in [-0.05, 0) is 36.7 Å². The molecule has 0 bridgehead atoms. The van der Waals surface area contributed by atoms with Crippen molar-refractivity contribution in [2.24, 2.45) is 5.92 Å². The number of Topliss-reactive ketones (excluding diaryl/α,β-unsaturated/α-hetero) is 1. The number of hydrogen-bond donors (Lipinski definition) is 0. The lowest BCUT2D eigenvalue weighted by Crippen LogP contribution is -2.28. The summed E-state index contributed by atoms with van der Waals surface area (Å²) < 4.78 is 5.22. The van der Waals surface area contributed by atoms with Crippen LogP contribution in [0, 0.1) is 5.92 Å². The Balaban J connectivity index is 1.66. The summed E-state index contributed by atoms with van der Waals surface area (Å²) >= 11 is 0. The predicted molar refractivity (Wildman–Crippen MR) is 87.3 cm³/mol. The van der Waals surface area contributed by atoms with Gasteiger partial charge < -0.3 is 9.64 Å². The van der Waals surface area contributed by atoms with Gasteiger partial charge in [-0.1, -0.05) is 36.4 Å². The van der Waals surface area contributed by atoms with Crippen LogP contribution >= 0.6 is 0 Å². The Labute approximate surface area is 131 Å². The lowest BCUT2D eigenvalue weighted by Gasteiger charge is -2.20. The molecule has 0 heterocycles. The van der Waals surface area contributed by atoms with Crippen molar-refractivity contribution in [2.45, 2.75) is 13.0 Å².